The summed E-state index contributed by atoms with van der Waals surface area (Å²) < 4.78 is 8.84. The van der Waals surface area contributed by atoms with Gasteiger partial charge in [0, 0.05) is 145 Å². The van der Waals surface area contributed by atoms with E-state index < -0.39 is 0 Å². The highest BCUT2D eigenvalue weighted by Gasteiger charge is 2.21. The lowest BCUT2D eigenvalue weighted by molar-refractivity contribution is -0.697. The number of H-pyrrole nitrogens is 2. The summed E-state index contributed by atoms with van der Waals surface area (Å²) in [5.74, 6) is 0. The van der Waals surface area contributed by atoms with Gasteiger partial charge in [0.15, 0.2) is 49.6 Å². The minimum Gasteiger partial charge on any atom is -1.00 e. The van der Waals surface area contributed by atoms with Crippen LogP contribution in [-0.2, 0) is 26.2 Å². The molecule has 402 valence electrons. The molecule has 0 saturated heterocycles. The molecule has 12 nitrogen and oxygen atoms in total. The molecule has 7 aromatic rings. The van der Waals surface area contributed by atoms with E-state index in [1.807, 2.05) is 0 Å². The second-order valence-electron chi connectivity index (χ2n) is 18.9. The van der Waals surface area contributed by atoms with Crippen molar-refractivity contribution < 1.29 is 107 Å². The molecule has 2 aliphatic rings. The van der Waals surface area contributed by atoms with Gasteiger partial charge in [-0.05, 0) is 122 Å². The predicted octanol–water partition coefficient (Wildman–Crippen LogP) is -2.86. The van der Waals surface area contributed by atoms with Crippen molar-refractivity contribution in [1.29, 1.82) is 0 Å². The lowest BCUT2D eigenvalue weighted by atomic mass is 10.0. The first-order valence-corrected chi connectivity index (χ1v) is 26.1. The van der Waals surface area contributed by atoms with Crippen LogP contribution in [-0.4, -0.2) is 66.8 Å². The van der Waals surface area contributed by atoms with E-state index >= 15 is 0 Å². The van der Waals surface area contributed by atoms with Crippen LogP contribution >= 0.6 is 0 Å². The Bertz CT molecular complexity index is 2990. The van der Waals surface area contributed by atoms with Crippen LogP contribution in [0.3, 0.4) is 0 Å². The summed E-state index contributed by atoms with van der Waals surface area (Å²) in [6, 6.07) is 26.1. The largest absolute Gasteiger partial charge is 1.00 e. The fourth-order valence-electron chi connectivity index (χ4n) is 9.84. The molecule has 2 aliphatic heterocycles. The number of aromatic amines is 2. The molecule has 76 heavy (non-hydrogen) atoms. The highest BCUT2D eigenvalue weighted by atomic mass is 79.9. The summed E-state index contributed by atoms with van der Waals surface area (Å²) in [4.78, 5) is 18.9. The molecule has 0 amide bonds. The van der Waals surface area contributed by atoms with Crippen molar-refractivity contribution in [2.45, 2.75) is 103 Å². The Morgan fingerprint density at radius 3 is 0.803 bits per heavy atom. The third-order valence-electron chi connectivity index (χ3n) is 13.8. The number of pyridine rings is 4. The van der Waals surface area contributed by atoms with E-state index in [1.54, 1.807) is 0 Å². The van der Waals surface area contributed by atoms with Gasteiger partial charge in [-0.3, -0.25) is 0 Å². The zero-order valence-electron chi connectivity index (χ0n) is 43.0. The number of aryl methyl sites for hydroxylation is 4. The van der Waals surface area contributed by atoms with Gasteiger partial charge in [-0.25, -0.2) is 28.2 Å². The Labute approximate surface area is 488 Å². The van der Waals surface area contributed by atoms with Gasteiger partial charge in [0.1, 0.15) is 26.2 Å². The van der Waals surface area contributed by atoms with E-state index in [0.717, 1.165) is 193 Å². The van der Waals surface area contributed by atoms with Gasteiger partial charge >= 0.3 is 0 Å². The Morgan fingerprint density at radius 2 is 0.526 bits per heavy atom. The number of hydrogen-bond acceptors (Lipinski definition) is 6. The van der Waals surface area contributed by atoms with Crippen LogP contribution in [0, 0.1) is 0 Å². The van der Waals surface area contributed by atoms with E-state index in [0.29, 0.717) is 0 Å². The number of nitrogens with zero attached hydrogens (tertiary/aromatic N) is 6. The fraction of sp³-hybridized carbons (Fsp3) is 0.333. The minimum absolute atomic E-state index is 0. The minimum atomic E-state index is 0. The molecule has 0 atom stereocenters. The van der Waals surface area contributed by atoms with Crippen LogP contribution in [0.25, 0.3) is 90.9 Å². The number of unbranched alkanes of at least 4 members (excludes halogenated alkanes) is 8. The summed E-state index contributed by atoms with van der Waals surface area (Å²) in [6.45, 7) is 4.37. The second-order valence-corrected chi connectivity index (χ2v) is 18.9. The number of aliphatic hydroxyl groups is 4. The third-order valence-corrected chi connectivity index (χ3v) is 13.8. The van der Waals surface area contributed by atoms with Gasteiger partial charge in [-0.15, -0.1) is 0 Å². The standard InChI is InChI=1S/C60H69N8O4.4BrH/c69-41-9-1-5-29-65-33-21-45(22-34-65)57-49-13-15-51(61-49)58(46-23-35-66(36-24-46)30-6-2-10-42-70)53-17-19-55(63-53)60(48-27-39-68(40-28-48)32-8-4-12-44-72)56-20-18-54(64-56)59(52-16-14-50(57)62-52)47-25-37-67(38-26-47)31-7-3-11-43-71;;;;/h13-28,33-40,69-72H,1-12,29-32,41-44H2,(H,61,62,63,64);4*1H/q+3;;;;/p-3. The first kappa shape index (κ1) is 61.8. The van der Waals surface area contributed by atoms with Crippen molar-refractivity contribution >= 4 is 46.4 Å². The van der Waals surface area contributed by atoms with Crippen molar-refractivity contribution in [3.8, 4) is 44.5 Å². The van der Waals surface area contributed by atoms with E-state index in [2.05, 4.69) is 175 Å². The van der Waals surface area contributed by atoms with Crippen molar-refractivity contribution in [1.82, 2.24) is 19.9 Å². The maximum Gasteiger partial charge on any atom is 0.169 e. The van der Waals surface area contributed by atoms with E-state index in [1.165, 1.54) is 0 Å². The molecule has 0 radical (unpaired) electrons. The lowest BCUT2D eigenvalue weighted by Crippen LogP contribution is -3.00. The van der Waals surface area contributed by atoms with Gasteiger partial charge in [-0.2, -0.15) is 0 Å². The zero-order valence-corrected chi connectivity index (χ0v) is 49.3. The summed E-state index contributed by atoms with van der Waals surface area (Å²) in [5, 5.41) is 37.4. The molecule has 7 aromatic heterocycles. The van der Waals surface area contributed by atoms with Crippen LogP contribution < -0.4 is 86.2 Å². The topological polar surface area (TPSA) is 154 Å². The van der Waals surface area contributed by atoms with Crippen molar-refractivity contribution in [3.05, 3.63) is 145 Å². The second kappa shape index (κ2) is 31.4. The number of aromatic nitrogens is 8. The number of hydrogen-bond donors (Lipinski definition) is 6. The zero-order chi connectivity index (χ0) is 49.5. The summed E-state index contributed by atoms with van der Waals surface area (Å²) in [6.07, 6.45) is 36.8. The molecule has 0 fully saturated rings. The summed E-state index contributed by atoms with van der Waals surface area (Å²) >= 11 is 0. The van der Waals surface area contributed by atoms with E-state index in [4.69, 9.17) is 9.97 Å². The smallest absolute Gasteiger partial charge is 0.169 e. The number of fused-ring (bicyclic) bond motifs is 8. The monoisotopic (exact) mass is 1280 g/mol. The molecule has 0 aromatic carbocycles. The molecule has 0 unspecified atom stereocenters. The average molecular weight is 1290 g/mol. The first-order valence-electron chi connectivity index (χ1n) is 26.1. The SMILES string of the molecule is OCCCCC[n+]1ccc(-c2c3nc(c(-c4cc[n+](CCCCCO)cc4)c4ccc([nH]4)c(-c4cc[n+](CCCCCO)cc4)c4ccc([nH]4)c(-c4cc[n+](CCCCCO)cc4)c4nc2C=C4)C=C3)cc1.[Br-].[Br-].[Br-].[Br-]. The Morgan fingerprint density at radius 1 is 0.289 bits per heavy atom. The molecular weight excluding hydrogens is 1220 g/mol. The third kappa shape index (κ3) is 15.6. The molecule has 9 rings (SSSR count). The maximum absolute atomic E-state index is 9.36. The lowest BCUT2D eigenvalue weighted by Gasteiger charge is -2.07. The summed E-state index contributed by atoms with van der Waals surface area (Å²) in [5.41, 5.74) is 15.3. The quantitative estimate of drug-likeness (QED) is 0.0283. The van der Waals surface area contributed by atoms with Crippen LogP contribution in [0.15, 0.2) is 122 Å². The maximum atomic E-state index is 9.36. The van der Waals surface area contributed by atoms with Gasteiger partial charge in [0.25, 0.3) is 0 Å². The molecule has 0 aliphatic carbocycles. The molecule has 0 spiro atoms. The van der Waals surface area contributed by atoms with Crippen molar-refractivity contribution in [2.24, 2.45) is 0 Å². The van der Waals surface area contributed by atoms with E-state index in [-0.39, 0.29) is 94.4 Å². The van der Waals surface area contributed by atoms with Crippen LogP contribution in [0.2, 0.25) is 0 Å². The number of aliphatic hydroxyl groups excluding tert-OH is 4. The Kier molecular flexibility index (Phi) is 25.5. The number of rotatable bonds is 24. The number of nitrogens with one attached hydrogen (secondary N) is 2. The Balaban J connectivity index is 0.00000267. The van der Waals surface area contributed by atoms with Crippen molar-refractivity contribution in [3.63, 3.8) is 0 Å². The normalized spacial score (nSPS) is 11.4. The predicted molar refractivity (Wildman–Crippen MR) is 285 cm³/mol. The highest BCUT2D eigenvalue weighted by molar-refractivity contribution is 6.00. The van der Waals surface area contributed by atoms with Gasteiger partial charge < -0.3 is 98.3 Å². The summed E-state index contributed by atoms with van der Waals surface area (Å²) in [7, 11) is 0. The van der Waals surface area contributed by atoms with Crippen LogP contribution in [0.5, 0.6) is 0 Å². The van der Waals surface area contributed by atoms with Crippen molar-refractivity contribution in [2.75, 3.05) is 26.4 Å². The molecular formula is C60H70Br4N8O4. The molecule has 8 bridgehead atoms. The molecule has 0 saturated carbocycles. The van der Waals surface area contributed by atoms with Crippen LogP contribution in [0.1, 0.15) is 99.8 Å². The van der Waals surface area contributed by atoms with Crippen LogP contribution in [0.4, 0.5) is 0 Å². The van der Waals surface area contributed by atoms with Gasteiger partial charge in [0.2, 0.25) is 0 Å². The Hall–Kier alpha value is -5.04. The van der Waals surface area contributed by atoms with Gasteiger partial charge in [0.05, 0.1) is 22.8 Å². The molecule has 6 N–H and O–H groups in total. The molecule has 16 heteroatoms. The fourth-order valence-corrected chi connectivity index (χ4v) is 9.84. The first-order chi connectivity index (χ1) is 35.5. The molecule has 9 heterocycles. The van der Waals surface area contributed by atoms with Gasteiger partial charge in [-0.1, -0.05) is 0 Å². The average Bonchev–Trinajstić information content (AvgIpc) is 4.27. The highest BCUT2D eigenvalue weighted by Crippen LogP contribution is 2.38. The van der Waals surface area contributed by atoms with E-state index in [9.17, 15) is 20.4 Å². The number of halogens is 4.